The van der Waals surface area contributed by atoms with Crippen molar-refractivity contribution >= 4 is 5.82 Å². The smallest absolute Gasteiger partial charge is 0.251 e. The average molecular weight is 339 g/mol. The quantitative estimate of drug-likeness (QED) is 0.791. The molecule has 0 radical (unpaired) electrons. The van der Waals surface area contributed by atoms with Gasteiger partial charge in [-0.25, -0.2) is 9.97 Å². The molecule has 0 atom stereocenters. The van der Waals surface area contributed by atoms with Gasteiger partial charge in [0.05, 0.1) is 0 Å². The maximum absolute atomic E-state index is 11.7. The van der Waals surface area contributed by atoms with Crippen LogP contribution in [0.4, 0.5) is 5.82 Å². The summed E-state index contributed by atoms with van der Waals surface area (Å²) in [6.07, 6.45) is 6.65. The Morgan fingerprint density at radius 2 is 2.20 bits per heavy atom. The largest absolute Gasteiger partial charge is 0.367 e. The third-order valence-corrected chi connectivity index (χ3v) is 4.52. The summed E-state index contributed by atoms with van der Waals surface area (Å²) in [4.78, 5) is 25.8. The van der Waals surface area contributed by atoms with E-state index in [4.69, 9.17) is 0 Å². The zero-order chi connectivity index (χ0) is 17.6. The molecular weight excluding hydrogens is 314 g/mol. The lowest BCUT2D eigenvalue weighted by Crippen LogP contribution is -2.39. The van der Waals surface area contributed by atoms with Crippen LogP contribution >= 0.6 is 0 Å². The molecule has 0 amide bonds. The fourth-order valence-corrected chi connectivity index (χ4v) is 3.10. The minimum Gasteiger partial charge on any atom is -0.367 e. The van der Waals surface area contributed by atoms with Gasteiger partial charge in [-0.2, -0.15) is 0 Å². The Bertz CT molecular complexity index is 760. The van der Waals surface area contributed by atoms with Crippen LogP contribution in [0, 0.1) is 0 Å². The molecule has 0 unspecified atom stereocenters. The minimum atomic E-state index is -0.129. The fraction of sp³-hybridized carbons (Fsp3) is 0.421. The Labute approximate surface area is 148 Å². The van der Waals surface area contributed by atoms with Crippen molar-refractivity contribution in [2.45, 2.75) is 32.2 Å². The highest BCUT2D eigenvalue weighted by molar-refractivity contribution is 5.56. The summed E-state index contributed by atoms with van der Waals surface area (Å²) >= 11 is 0. The van der Waals surface area contributed by atoms with Crippen LogP contribution in [0.5, 0.6) is 0 Å². The summed E-state index contributed by atoms with van der Waals surface area (Å²) in [5.41, 5.74) is 1.47. The molecule has 6 nitrogen and oxygen atoms in total. The molecule has 3 rings (SSSR count). The summed E-state index contributed by atoms with van der Waals surface area (Å²) in [7, 11) is 0. The molecule has 2 N–H and O–H groups in total. The van der Waals surface area contributed by atoms with Gasteiger partial charge in [0.15, 0.2) is 0 Å². The molecule has 6 heteroatoms. The van der Waals surface area contributed by atoms with Crippen LogP contribution < -0.4 is 10.9 Å². The van der Waals surface area contributed by atoms with Crippen LogP contribution in [0.2, 0.25) is 0 Å². The average Bonchev–Trinajstić information content (AvgIpc) is 2.63. The molecule has 0 aliphatic carbocycles. The molecule has 2 aromatic heterocycles. The van der Waals surface area contributed by atoms with Crippen molar-refractivity contribution in [3.63, 3.8) is 0 Å². The molecule has 1 saturated heterocycles. The Morgan fingerprint density at radius 1 is 1.40 bits per heavy atom. The van der Waals surface area contributed by atoms with Gasteiger partial charge in [-0.1, -0.05) is 13.0 Å². The van der Waals surface area contributed by atoms with E-state index in [0.717, 1.165) is 56.0 Å². The topological polar surface area (TPSA) is 73.9 Å². The third-order valence-electron chi connectivity index (χ3n) is 4.52. The van der Waals surface area contributed by atoms with Crippen molar-refractivity contribution in [2.24, 2.45) is 0 Å². The summed E-state index contributed by atoms with van der Waals surface area (Å²) in [6.45, 7) is 8.90. The second kappa shape index (κ2) is 8.07. The van der Waals surface area contributed by atoms with Gasteiger partial charge >= 0.3 is 0 Å². The molecule has 0 saturated carbocycles. The number of piperidine rings is 1. The van der Waals surface area contributed by atoms with Crippen molar-refractivity contribution in [3.8, 4) is 11.4 Å². The van der Waals surface area contributed by atoms with E-state index in [1.165, 1.54) is 6.07 Å². The van der Waals surface area contributed by atoms with Crippen LogP contribution in [0.15, 0.2) is 41.8 Å². The first-order chi connectivity index (χ1) is 12.2. The molecule has 0 aromatic carbocycles. The van der Waals surface area contributed by atoms with Crippen molar-refractivity contribution in [3.05, 3.63) is 53.1 Å². The number of likely N-dealkylation sites (tertiary alicyclic amines) is 1. The van der Waals surface area contributed by atoms with Gasteiger partial charge in [0.2, 0.25) is 0 Å². The Kier molecular flexibility index (Phi) is 5.60. The molecule has 0 spiro atoms. The van der Waals surface area contributed by atoms with Crippen molar-refractivity contribution < 1.29 is 0 Å². The van der Waals surface area contributed by atoms with Gasteiger partial charge in [-0.15, -0.1) is 6.58 Å². The maximum Gasteiger partial charge on any atom is 0.251 e. The van der Waals surface area contributed by atoms with Gasteiger partial charge in [0.25, 0.3) is 5.56 Å². The number of pyridine rings is 1. The fourth-order valence-electron chi connectivity index (χ4n) is 3.10. The van der Waals surface area contributed by atoms with E-state index in [2.05, 4.69) is 31.7 Å². The predicted molar refractivity (Wildman–Crippen MR) is 101 cm³/mol. The summed E-state index contributed by atoms with van der Waals surface area (Å²) in [5, 5.41) is 3.50. The first-order valence-corrected chi connectivity index (χ1v) is 8.84. The van der Waals surface area contributed by atoms with Crippen molar-refractivity contribution in [1.82, 2.24) is 19.9 Å². The number of aromatic amines is 1. The van der Waals surface area contributed by atoms with E-state index in [1.807, 2.05) is 25.1 Å². The van der Waals surface area contributed by atoms with Gasteiger partial charge in [-0.3, -0.25) is 9.69 Å². The molecule has 3 heterocycles. The lowest BCUT2D eigenvalue weighted by atomic mass is 10.1. The summed E-state index contributed by atoms with van der Waals surface area (Å²) in [5.74, 6) is 1.43. The Hall–Kier alpha value is -2.47. The monoisotopic (exact) mass is 339 g/mol. The summed E-state index contributed by atoms with van der Waals surface area (Å²) < 4.78 is 0. The van der Waals surface area contributed by atoms with Gasteiger partial charge < -0.3 is 10.3 Å². The van der Waals surface area contributed by atoms with E-state index in [1.54, 1.807) is 6.20 Å². The van der Waals surface area contributed by atoms with E-state index in [-0.39, 0.29) is 5.56 Å². The van der Waals surface area contributed by atoms with Crippen molar-refractivity contribution in [2.75, 3.05) is 25.0 Å². The van der Waals surface area contributed by atoms with Crippen molar-refractivity contribution in [1.29, 1.82) is 0 Å². The number of hydrogen-bond acceptors (Lipinski definition) is 5. The molecule has 0 bridgehead atoms. The molecule has 2 aromatic rings. The predicted octanol–water partition coefficient (Wildman–Crippen LogP) is 2.46. The lowest BCUT2D eigenvalue weighted by Gasteiger charge is -2.31. The molecule has 1 aliphatic rings. The minimum absolute atomic E-state index is 0.129. The number of nitrogens with zero attached hydrogens (tertiary/aromatic N) is 3. The SMILES string of the molecule is C=CCN1CCC(Nc2ccc(-c3nc(CC)cc(=O)[nH]3)cn2)CC1. The molecule has 1 aliphatic heterocycles. The first-order valence-electron chi connectivity index (χ1n) is 8.84. The van der Waals surface area contributed by atoms with Crippen LogP contribution in [-0.4, -0.2) is 45.5 Å². The Balaban J connectivity index is 1.64. The van der Waals surface area contributed by atoms with E-state index < -0.39 is 0 Å². The van der Waals surface area contributed by atoms with Crippen LogP contribution in [0.25, 0.3) is 11.4 Å². The second-order valence-corrected chi connectivity index (χ2v) is 6.38. The maximum atomic E-state index is 11.7. The van der Waals surface area contributed by atoms with E-state index in [9.17, 15) is 4.79 Å². The number of rotatable bonds is 6. The third kappa shape index (κ3) is 4.54. The highest BCUT2D eigenvalue weighted by Crippen LogP contribution is 2.18. The molecule has 1 fully saturated rings. The van der Waals surface area contributed by atoms with Crippen LogP contribution in [-0.2, 0) is 6.42 Å². The highest BCUT2D eigenvalue weighted by Gasteiger charge is 2.18. The van der Waals surface area contributed by atoms with E-state index >= 15 is 0 Å². The second-order valence-electron chi connectivity index (χ2n) is 6.38. The standard InChI is InChI=1S/C19H25N5O/c1-3-9-24-10-7-16(8-11-24)21-17-6-5-14(13-20-17)19-22-15(4-2)12-18(25)23-19/h3,5-6,12-13,16H,1,4,7-11H2,2H3,(H,20,21)(H,22,23,25). The first kappa shape index (κ1) is 17.4. The van der Waals surface area contributed by atoms with E-state index in [0.29, 0.717) is 11.9 Å². The molecule has 132 valence electrons. The number of hydrogen-bond donors (Lipinski definition) is 2. The summed E-state index contributed by atoms with van der Waals surface area (Å²) in [6, 6.07) is 5.87. The number of aryl methyl sites for hydroxylation is 1. The molecular formula is C19H25N5O. The Morgan fingerprint density at radius 3 is 2.84 bits per heavy atom. The number of aromatic nitrogens is 3. The number of H-pyrrole nitrogens is 1. The van der Waals surface area contributed by atoms with Crippen LogP contribution in [0.3, 0.4) is 0 Å². The highest BCUT2D eigenvalue weighted by atomic mass is 16.1. The van der Waals surface area contributed by atoms with Crippen LogP contribution in [0.1, 0.15) is 25.5 Å². The number of anilines is 1. The van der Waals surface area contributed by atoms with Gasteiger partial charge in [-0.05, 0) is 31.4 Å². The zero-order valence-electron chi connectivity index (χ0n) is 14.7. The normalized spacial score (nSPS) is 15.9. The number of nitrogens with one attached hydrogen (secondary N) is 2. The molecule has 25 heavy (non-hydrogen) atoms. The van der Waals surface area contributed by atoms with Gasteiger partial charge in [0.1, 0.15) is 11.6 Å². The van der Waals surface area contributed by atoms with Gasteiger partial charge in [0, 0.05) is 49.2 Å². The zero-order valence-corrected chi connectivity index (χ0v) is 14.7. The lowest BCUT2D eigenvalue weighted by molar-refractivity contribution is 0.240.